The predicted molar refractivity (Wildman–Crippen MR) is 69.2 cm³/mol. The van der Waals surface area contributed by atoms with E-state index in [4.69, 9.17) is 0 Å². The van der Waals surface area contributed by atoms with Gasteiger partial charge in [0.2, 0.25) is 5.91 Å². The van der Waals surface area contributed by atoms with Gasteiger partial charge < -0.3 is 5.32 Å². The van der Waals surface area contributed by atoms with E-state index in [0.29, 0.717) is 0 Å². The molecule has 0 bridgehead atoms. The number of Topliss-reactive ketones (excluding diaryl/α,β-unsaturated/α-hetero) is 1. The number of ketones is 1. The first-order valence-corrected chi connectivity index (χ1v) is 6.00. The van der Waals surface area contributed by atoms with Crippen LogP contribution in [0.4, 0.5) is 18.9 Å². The van der Waals surface area contributed by atoms with E-state index in [0.717, 1.165) is 24.3 Å². The van der Waals surface area contributed by atoms with Gasteiger partial charge in [-0.2, -0.15) is 13.2 Å². The minimum atomic E-state index is -4.41. The molecular formula is C14H16F3NO2. The van der Waals surface area contributed by atoms with Crippen LogP contribution >= 0.6 is 0 Å². The van der Waals surface area contributed by atoms with Crippen LogP contribution in [0.2, 0.25) is 0 Å². The van der Waals surface area contributed by atoms with E-state index in [-0.39, 0.29) is 17.9 Å². The van der Waals surface area contributed by atoms with Gasteiger partial charge in [-0.1, -0.05) is 20.8 Å². The molecule has 1 aromatic carbocycles. The smallest absolute Gasteiger partial charge is 0.326 e. The maximum atomic E-state index is 12.4. The molecule has 0 heterocycles. The van der Waals surface area contributed by atoms with Gasteiger partial charge in [-0.15, -0.1) is 0 Å². The number of halogens is 3. The molecule has 3 nitrogen and oxygen atoms in total. The molecule has 0 fully saturated rings. The Morgan fingerprint density at radius 3 is 1.95 bits per heavy atom. The van der Waals surface area contributed by atoms with Gasteiger partial charge in [-0.3, -0.25) is 9.59 Å². The van der Waals surface area contributed by atoms with Crippen molar-refractivity contribution in [3.05, 3.63) is 29.8 Å². The van der Waals surface area contributed by atoms with E-state index in [1.807, 2.05) is 0 Å². The molecule has 0 aliphatic heterocycles. The highest BCUT2D eigenvalue weighted by molar-refractivity contribution is 6.05. The second kappa shape index (κ2) is 5.64. The molecule has 110 valence electrons. The van der Waals surface area contributed by atoms with Crippen molar-refractivity contribution in [3.63, 3.8) is 0 Å². The average Bonchev–Trinajstić information content (AvgIpc) is 2.26. The number of nitrogens with one attached hydrogen (secondary N) is 1. The molecule has 0 spiro atoms. The maximum Gasteiger partial charge on any atom is 0.416 e. The average molecular weight is 287 g/mol. The number of rotatable bonds is 3. The normalized spacial score (nSPS) is 12.1. The summed E-state index contributed by atoms with van der Waals surface area (Å²) in [6.45, 7) is 5.09. The highest BCUT2D eigenvalue weighted by Gasteiger charge is 2.30. The molecule has 1 amide bonds. The number of hydrogen-bond donors (Lipinski definition) is 1. The van der Waals surface area contributed by atoms with Crippen LogP contribution in [0.15, 0.2) is 24.3 Å². The summed E-state index contributed by atoms with van der Waals surface area (Å²) >= 11 is 0. The Kier molecular flexibility index (Phi) is 4.57. The van der Waals surface area contributed by atoms with E-state index >= 15 is 0 Å². The van der Waals surface area contributed by atoms with Gasteiger partial charge in [0.15, 0.2) is 0 Å². The van der Waals surface area contributed by atoms with Crippen molar-refractivity contribution >= 4 is 17.4 Å². The maximum absolute atomic E-state index is 12.4. The fourth-order valence-electron chi connectivity index (χ4n) is 1.36. The zero-order chi connectivity index (χ0) is 15.6. The Labute approximate surface area is 115 Å². The zero-order valence-corrected chi connectivity index (χ0v) is 11.5. The predicted octanol–water partition coefficient (Wildman–Crippen LogP) is 3.65. The number of carbonyl (C=O) groups is 2. The van der Waals surface area contributed by atoms with Gasteiger partial charge in [0, 0.05) is 11.1 Å². The molecular weight excluding hydrogens is 271 g/mol. The molecule has 0 atom stereocenters. The topological polar surface area (TPSA) is 46.2 Å². The van der Waals surface area contributed by atoms with Crippen molar-refractivity contribution in [2.45, 2.75) is 33.4 Å². The second-order valence-corrected chi connectivity index (χ2v) is 5.47. The molecule has 20 heavy (non-hydrogen) atoms. The fraction of sp³-hybridized carbons (Fsp3) is 0.429. The lowest BCUT2D eigenvalue weighted by atomic mass is 9.89. The van der Waals surface area contributed by atoms with E-state index in [9.17, 15) is 22.8 Å². The van der Waals surface area contributed by atoms with Crippen molar-refractivity contribution in [3.8, 4) is 0 Å². The quantitative estimate of drug-likeness (QED) is 0.862. The van der Waals surface area contributed by atoms with Crippen LogP contribution in [0.5, 0.6) is 0 Å². The number of anilines is 1. The third kappa shape index (κ3) is 4.68. The molecule has 6 heteroatoms. The highest BCUT2D eigenvalue weighted by atomic mass is 19.4. The molecule has 0 radical (unpaired) electrons. The van der Waals surface area contributed by atoms with Gasteiger partial charge >= 0.3 is 6.18 Å². The summed E-state index contributed by atoms with van der Waals surface area (Å²) in [6, 6.07) is 4.06. The van der Waals surface area contributed by atoms with E-state index in [1.165, 1.54) is 0 Å². The van der Waals surface area contributed by atoms with Crippen molar-refractivity contribution in [2.24, 2.45) is 5.41 Å². The molecule has 0 saturated carbocycles. The first-order valence-electron chi connectivity index (χ1n) is 6.00. The Hall–Kier alpha value is -1.85. The van der Waals surface area contributed by atoms with E-state index in [2.05, 4.69) is 5.32 Å². The lowest BCUT2D eigenvalue weighted by Gasteiger charge is -2.16. The van der Waals surface area contributed by atoms with Crippen LogP contribution in [0.1, 0.15) is 32.8 Å². The van der Waals surface area contributed by atoms with Crippen LogP contribution in [0.25, 0.3) is 0 Å². The Balaban J connectivity index is 2.66. The summed E-state index contributed by atoms with van der Waals surface area (Å²) in [7, 11) is 0. The molecule has 0 aromatic heterocycles. The van der Waals surface area contributed by atoms with Gasteiger partial charge in [0.1, 0.15) is 5.78 Å². The Bertz CT molecular complexity index is 499. The van der Waals surface area contributed by atoms with Crippen LogP contribution < -0.4 is 5.32 Å². The van der Waals surface area contributed by atoms with Crippen molar-refractivity contribution in [1.29, 1.82) is 0 Å². The largest absolute Gasteiger partial charge is 0.416 e. The van der Waals surface area contributed by atoms with Gasteiger partial charge in [0.25, 0.3) is 0 Å². The molecule has 1 rings (SSSR count). The fourth-order valence-corrected chi connectivity index (χ4v) is 1.36. The van der Waals surface area contributed by atoms with E-state index in [1.54, 1.807) is 20.8 Å². The minimum absolute atomic E-state index is 0.227. The first-order chi connectivity index (χ1) is 9.00. The summed E-state index contributed by atoms with van der Waals surface area (Å²) in [5, 5.41) is 2.40. The van der Waals surface area contributed by atoms with Crippen molar-refractivity contribution < 1.29 is 22.8 Å². The summed E-state index contributed by atoms with van der Waals surface area (Å²) in [5.74, 6) is -0.772. The Morgan fingerprint density at radius 1 is 1.05 bits per heavy atom. The monoisotopic (exact) mass is 287 g/mol. The van der Waals surface area contributed by atoms with Gasteiger partial charge in [0.05, 0.1) is 12.0 Å². The van der Waals surface area contributed by atoms with Crippen molar-refractivity contribution in [2.75, 3.05) is 5.32 Å². The summed E-state index contributed by atoms with van der Waals surface area (Å²) < 4.78 is 37.1. The number of alkyl halides is 3. The third-order valence-corrected chi connectivity index (χ3v) is 2.65. The van der Waals surface area contributed by atoms with Gasteiger partial charge in [-0.25, -0.2) is 0 Å². The molecule has 0 aliphatic rings. The summed E-state index contributed by atoms with van der Waals surface area (Å²) in [6.07, 6.45) is -4.71. The second-order valence-electron chi connectivity index (χ2n) is 5.47. The van der Waals surface area contributed by atoms with Crippen LogP contribution in [-0.2, 0) is 15.8 Å². The van der Waals surface area contributed by atoms with Crippen LogP contribution in [-0.4, -0.2) is 11.7 Å². The lowest BCUT2D eigenvalue weighted by Crippen LogP contribution is -2.26. The Morgan fingerprint density at radius 2 is 1.55 bits per heavy atom. The lowest BCUT2D eigenvalue weighted by molar-refractivity contribution is -0.137. The number of hydrogen-bond acceptors (Lipinski definition) is 2. The van der Waals surface area contributed by atoms with Crippen LogP contribution in [0.3, 0.4) is 0 Å². The zero-order valence-electron chi connectivity index (χ0n) is 11.5. The molecule has 0 unspecified atom stereocenters. The molecule has 1 aromatic rings. The van der Waals surface area contributed by atoms with Crippen LogP contribution in [0, 0.1) is 5.41 Å². The number of amides is 1. The van der Waals surface area contributed by atoms with Gasteiger partial charge in [-0.05, 0) is 24.3 Å². The molecule has 0 saturated heterocycles. The number of benzene rings is 1. The number of carbonyl (C=O) groups excluding carboxylic acids is 2. The van der Waals surface area contributed by atoms with Crippen molar-refractivity contribution in [1.82, 2.24) is 0 Å². The molecule has 1 N–H and O–H groups in total. The minimum Gasteiger partial charge on any atom is -0.326 e. The SMILES string of the molecule is CC(C)(C)C(=O)CC(=O)Nc1ccc(C(F)(F)F)cc1. The van der Waals surface area contributed by atoms with E-state index < -0.39 is 23.1 Å². The summed E-state index contributed by atoms with van der Waals surface area (Å²) in [5.41, 5.74) is -1.19. The molecule has 0 aliphatic carbocycles. The highest BCUT2D eigenvalue weighted by Crippen LogP contribution is 2.29. The standard InChI is InChI=1S/C14H16F3NO2/c1-13(2,3)11(19)8-12(20)18-10-6-4-9(5-7-10)14(15,16)17/h4-7H,8H2,1-3H3,(H,18,20). The first kappa shape index (κ1) is 16.2. The summed E-state index contributed by atoms with van der Waals surface area (Å²) in [4.78, 5) is 23.2. The third-order valence-electron chi connectivity index (χ3n) is 2.65.